The van der Waals surface area contributed by atoms with Crippen LogP contribution in [0.1, 0.15) is 42.9 Å². The van der Waals surface area contributed by atoms with E-state index in [1.165, 1.54) is 29.9 Å². The summed E-state index contributed by atoms with van der Waals surface area (Å²) < 4.78 is 2.45. The van der Waals surface area contributed by atoms with Gasteiger partial charge in [0.2, 0.25) is 0 Å². The van der Waals surface area contributed by atoms with Crippen LogP contribution in [0, 0.1) is 0 Å². The molecule has 1 aromatic carbocycles. The van der Waals surface area contributed by atoms with E-state index in [4.69, 9.17) is 0 Å². The van der Waals surface area contributed by atoms with Gasteiger partial charge in [0, 0.05) is 19.2 Å². The molecule has 0 bridgehead atoms. The number of nitrogens with zero attached hydrogens (tertiary/aromatic N) is 2. The highest BCUT2D eigenvalue weighted by molar-refractivity contribution is 5.24. The van der Waals surface area contributed by atoms with Gasteiger partial charge in [0.1, 0.15) is 5.82 Å². The van der Waals surface area contributed by atoms with Gasteiger partial charge in [-0.15, -0.1) is 0 Å². The summed E-state index contributed by atoms with van der Waals surface area (Å²) in [6.45, 7) is 4.05. The summed E-state index contributed by atoms with van der Waals surface area (Å²) in [4.78, 5) is 4.61. The lowest BCUT2D eigenvalue weighted by Gasteiger charge is -2.27. The molecule has 2 aromatic rings. The average Bonchev–Trinajstić information content (AvgIpc) is 2.89. The third-order valence-electron chi connectivity index (χ3n) is 3.88. The lowest BCUT2D eigenvalue weighted by atomic mass is 9.97. The van der Waals surface area contributed by atoms with E-state index in [2.05, 4.69) is 52.1 Å². The summed E-state index contributed by atoms with van der Waals surface area (Å²) in [7, 11) is 0. The lowest BCUT2D eigenvalue weighted by molar-refractivity contribution is 0.434. The number of hydrogen-bond acceptors (Lipinski definition) is 2. The van der Waals surface area contributed by atoms with E-state index in [1.54, 1.807) is 0 Å². The van der Waals surface area contributed by atoms with Crippen molar-refractivity contribution in [1.82, 2.24) is 14.9 Å². The molecule has 3 rings (SSSR count). The van der Waals surface area contributed by atoms with E-state index < -0.39 is 0 Å². The lowest BCUT2D eigenvalue weighted by Crippen LogP contribution is -2.23. The fourth-order valence-corrected chi connectivity index (χ4v) is 2.96. The topological polar surface area (TPSA) is 29.9 Å². The van der Waals surface area contributed by atoms with Crippen LogP contribution in [-0.2, 0) is 13.0 Å². The van der Waals surface area contributed by atoms with Gasteiger partial charge in [0.25, 0.3) is 0 Å². The first-order chi connectivity index (χ1) is 9.40. The van der Waals surface area contributed by atoms with Crippen molar-refractivity contribution in [1.29, 1.82) is 0 Å². The molecule has 1 aliphatic heterocycles. The molecule has 1 atom stereocenters. The highest BCUT2D eigenvalue weighted by atomic mass is 15.1. The first-order valence-corrected chi connectivity index (χ1v) is 7.20. The minimum absolute atomic E-state index is 0.459. The smallest absolute Gasteiger partial charge is 0.109 e. The fraction of sp³-hybridized carbons (Fsp3) is 0.438. The number of benzene rings is 1. The molecule has 1 aliphatic rings. The molecule has 100 valence electrons. The molecule has 0 saturated carbocycles. The SMILES string of the molecule is CCNCc1cnc2n1C(c1ccccc1)CCC2. The second-order valence-corrected chi connectivity index (χ2v) is 5.13. The molecule has 1 N–H and O–H groups in total. The summed E-state index contributed by atoms with van der Waals surface area (Å²) in [6.07, 6.45) is 5.60. The van der Waals surface area contributed by atoms with Gasteiger partial charge in [-0.25, -0.2) is 4.98 Å². The van der Waals surface area contributed by atoms with E-state index in [0.29, 0.717) is 6.04 Å². The first kappa shape index (κ1) is 12.4. The molecule has 0 spiro atoms. The van der Waals surface area contributed by atoms with Crippen LogP contribution in [0.15, 0.2) is 36.5 Å². The summed E-state index contributed by atoms with van der Waals surface area (Å²) in [6, 6.07) is 11.3. The predicted molar refractivity (Wildman–Crippen MR) is 77.1 cm³/mol. The maximum Gasteiger partial charge on any atom is 0.109 e. The molecule has 19 heavy (non-hydrogen) atoms. The van der Waals surface area contributed by atoms with E-state index in [1.807, 2.05) is 6.20 Å². The van der Waals surface area contributed by atoms with Gasteiger partial charge in [-0.05, 0) is 24.9 Å². The zero-order chi connectivity index (χ0) is 13.1. The molecule has 0 saturated heterocycles. The van der Waals surface area contributed by atoms with Crippen LogP contribution in [0.4, 0.5) is 0 Å². The predicted octanol–water partition coefficient (Wildman–Crippen LogP) is 2.92. The number of rotatable bonds is 4. The van der Waals surface area contributed by atoms with Gasteiger partial charge < -0.3 is 9.88 Å². The number of hydrogen-bond donors (Lipinski definition) is 1. The third kappa shape index (κ3) is 2.43. The van der Waals surface area contributed by atoms with Crippen molar-refractivity contribution in [2.75, 3.05) is 6.54 Å². The van der Waals surface area contributed by atoms with Crippen molar-refractivity contribution >= 4 is 0 Å². The first-order valence-electron chi connectivity index (χ1n) is 7.20. The van der Waals surface area contributed by atoms with Crippen LogP contribution in [-0.4, -0.2) is 16.1 Å². The second kappa shape index (κ2) is 5.57. The van der Waals surface area contributed by atoms with Gasteiger partial charge in [-0.3, -0.25) is 0 Å². The number of aromatic nitrogens is 2. The van der Waals surface area contributed by atoms with Crippen molar-refractivity contribution < 1.29 is 0 Å². The minimum Gasteiger partial charge on any atom is -0.323 e. The van der Waals surface area contributed by atoms with Crippen LogP contribution in [0.5, 0.6) is 0 Å². The molecule has 0 amide bonds. The van der Waals surface area contributed by atoms with Gasteiger partial charge in [-0.2, -0.15) is 0 Å². The van der Waals surface area contributed by atoms with E-state index in [-0.39, 0.29) is 0 Å². The van der Waals surface area contributed by atoms with Crippen molar-refractivity contribution in [3.63, 3.8) is 0 Å². The molecule has 3 nitrogen and oxygen atoms in total. The molecule has 0 aliphatic carbocycles. The number of nitrogens with one attached hydrogen (secondary N) is 1. The zero-order valence-electron chi connectivity index (χ0n) is 11.5. The quantitative estimate of drug-likeness (QED) is 0.910. The molecular formula is C16H21N3. The normalized spacial score (nSPS) is 18.3. The van der Waals surface area contributed by atoms with Crippen molar-refractivity contribution in [2.45, 2.75) is 38.8 Å². The minimum atomic E-state index is 0.459. The molecule has 0 radical (unpaired) electrons. The van der Waals surface area contributed by atoms with Gasteiger partial charge >= 0.3 is 0 Å². The van der Waals surface area contributed by atoms with Crippen LogP contribution in [0.25, 0.3) is 0 Å². The van der Waals surface area contributed by atoms with E-state index in [0.717, 1.165) is 19.5 Å². The summed E-state index contributed by atoms with van der Waals surface area (Å²) in [5.74, 6) is 1.24. The maximum absolute atomic E-state index is 4.61. The Morgan fingerprint density at radius 2 is 2.16 bits per heavy atom. The molecular weight excluding hydrogens is 234 g/mol. The second-order valence-electron chi connectivity index (χ2n) is 5.13. The van der Waals surface area contributed by atoms with Crippen molar-refractivity contribution in [3.8, 4) is 0 Å². The van der Waals surface area contributed by atoms with Crippen LogP contribution >= 0.6 is 0 Å². The Kier molecular flexibility index (Phi) is 3.65. The Morgan fingerprint density at radius 3 is 2.95 bits per heavy atom. The van der Waals surface area contributed by atoms with Gasteiger partial charge in [0.15, 0.2) is 0 Å². The van der Waals surface area contributed by atoms with E-state index in [9.17, 15) is 0 Å². The number of imidazole rings is 1. The standard InChI is InChI=1S/C16H21N3/c1-2-17-11-14-12-18-16-10-6-9-15(19(14)16)13-7-4-3-5-8-13/h3-5,7-8,12,15,17H,2,6,9-11H2,1H3. The fourth-order valence-electron chi connectivity index (χ4n) is 2.96. The summed E-state index contributed by atoms with van der Waals surface area (Å²) in [5.41, 5.74) is 2.71. The van der Waals surface area contributed by atoms with Gasteiger partial charge in [-0.1, -0.05) is 37.3 Å². The Balaban J connectivity index is 1.96. The zero-order valence-corrected chi connectivity index (χ0v) is 11.5. The average molecular weight is 255 g/mol. The molecule has 1 aromatic heterocycles. The summed E-state index contributed by atoms with van der Waals surface area (Å²) >= 11 is 0. The summed E-state index contributed by atoms with van der Waals surface area (Å²) in [5, 5.41) is 3.41. The Hall–Kier alpha value is -1.61. The Bertz CT molecular complexity index is 530. The molecule has 3 heteroatoms. The Labute approximate surface area is 114 Å². The third-order valence-corrected chi connectivity index (χ3v) is 3.88. The monoisotopic (exact) mass is 255 g/mol. The van der Waals surface area contributed by atoms with Crippen molar-refractivity contribution in [2.24, 2.45) is 0 Å². The van der Waals surface area contributed by atoms with Crippen LogP contribution in [0.2, 0.25) is 0 Å². The molecule has 0 fully saturated rings. The van der Waals surface area contributed by atoms with Crippen LogP contribution in [0.3, 0.4) is 0 Å². The maximum atomic E-state index is 4.61. The number of aryl methyl sites for hydroxylation is 1. The highest BCUT2D eigenvalue weighted by Crippen LogP contribution is 2.31. The Morgan fingerprint density at radius 1 is 1.32 bits per heavy atom. The van der Waals surface area contributed by atoms with Crippen molar-refractivity contribution in [3.05, 3.63) is 53.6 Å². The largest absolute Gasteiger partial charge is 0.323 e. The highest BCUT2D eigenvalue weighted by Gasteiger charge is 2.24. The van der Waals surface area contributed by atoms with Gasteiger partial charge in [0.05, 0.1) is 11.7 Å². The van der Waals surface area contributed by atoms with Crippen LogP contribution < -0.4 is 5.32 Å². The molecule has 2 heterocycles. The number of fused-ring (bicyclic) bond motifs is 1. The molecule has 1 unspecified atom stereocenters. The van der Waals surface area contributed by atoms with E-state index >= 15 is 0 Å².